The third-order valence-electron chi connectivity index (χ3n) is 3.66. The van der Waals surface area contributed by atoms with Crippen LogP contribution < -0.4 is 5.32 Å². The predicted octanol–water partition coefficient (Wildman–Crippen LogP) is -0.313. The number of carbonyl (C=O) groups is 3. The number of carbonyl (C=O) groups excluding carboxylic acids is 1. The molecule has 3 N–H and O–H groups in total. The summed E-state index contributed by atoms with van der Waals surface area (Å²) in [7, 11) is 2.11. The van der Waals surface area contributed by atoms with Gasteiger partial charge in [0.25, 0.3) is 0 Å². The second kappa shape index (κ2) is 9.68. The summed E-state index contributed by atoms with van der Waals surface area (Å²) in [5, 5.41) is 17.7. The number of aliphatic carboxylic acids is 2. The molecule has 1 fully saturated rings. The minimum Gasteiger partial charge on any atom is -0.473 e. The average molecular weight is 341 g/mol. The van der Waals surface area contributed by atoms with Crippen LogP contribution in [0, 0.1) is 0 Å². The SMILES string of the molecule is CC(C(=O)NCc1ccco1)N1CCN(C)CC1.O=C(O)C(=O)O. The zero-order chi connectivity index (χ0) is 18.1. The molecule has 1 amide bonds. The van der Waals surface area contributed by atoms with E-state index in [0.717, 1.165) is 31.9 Å². The van der Waals surface area contributed by atoms with Gasteiger partial charge in [0.05, 0.1) is 18.8 Å². The first-order valence-corrected chi connectivity index (χ1v) is 7.50. The molecule has 9 heteroatoms. The number of hydrogen-bond acceptors (Lipinski definition) is 6. The fraction of sp³-hybridized carbons (Fsp3) is 0.533. The molecule has 0 saturated carbocycles. The first kappa shape index (κ1) is 19.7. The van der Waals surface area contributed by atoms with Gasteiger partial charge in [0.1, 0.15) is 5.76 Å². The Morgan fingerprint density at radius 3 is 2.25 bits per heavy atom. The van der Waals surface area contributed by atoms with Gasteiger partial charge in [0.2, 0.25) is 5.91 Å². The smallest absolute Gasteiger partial charge is 0.414 e. The van der Waals surface area contributed by atoms with Crippen molar-refractivity contribution < 1.29 is 29.0 Å². The van der Waals surface area contributed by atoms with Gasteiger partial charge in [-0.05, 0) is 26.1 Å². The largest absolute Gasteiger partial charge is 0.473 e. The quantitative estimate of drug-likeness (QED) is 0.637. The van der Waals surface area contributed by atoms with Crippen molar-refractivity contribution in [3.63, 3.8) is 0 Å². The second-order valence-corrected chi connectivity index (χ2v) is 5.42. The maximum atomic E-state index is 12.0. The molecule has 0 spiro atoms. The number of hydrogen-bond donors (Lipinski definition) is 3. The minimum absolute atomic E-state index is 0.0657. The van der Waals surface area contributed by atoms with Gasteiger partial charge in [-0.2, -0.15) is 0 Å². The van der Waals surface area contributed by atoms with Gasteiger partial charge in [-0.25, -0.2) is 9.59 Å². The molecule has 1 unspecified atom stereocenters. The zero-order valence-corrected chi connectivity index (χ0v) is 13.8. The van der Waals surface area contributed by atoms with E-state index in [1.54, 1.807) is 6.26 Å². The van der Waals surface area contributed by atoms with Crippen molar-refractivity contribution in [1.29, 1.82) is 0 Å². The molecule has 2 rings (SSSR count). The Balaban J connectivity index is 0.000000413. The summed E-state index contributed by atoms with van der Waals surface area (Å²) in [4.78, 5) is 34.7. The van der Waals surface area contributed by atoms with Crippen LogP contribution >= 0.6 is 0 Å². The molecular formula is C15H23N3O6. The van der Waals surface area contributed by atoms with E-state index in [-0.39, 0.29) is 11.9 Å². The summed E-state index contributed by atoms with van der Waals surface area (Å²) in [6, 6.07) is 3.61. The lowest BCUT2D eigenvalue weighted by atomic mass is 10.2. The Morgan fingerprint density at radius 1 is 1.21 bits per heavy atom. The monoisotopic (exact) mass is 341 g/mol. The average Bonchev–Trinajstić information content (AvgIpc) is 3.06. The first-order valence-electron chi connectivity index (χ1n) is 7.50. The zero-order valence-electron chi connectivity index (χ0n) is 13.8. The Hall–Kier alpha value is -2.39. The highest BCUT2D eigenvalue weighted by atomic mass is 16.4. The molecule has 1 aliphatic rings. The molecular weight excluding hydrogens is 318 g/mol. The molecule has 0 radical (unpaired) electrons. The summed E-state index contributed by atoms with van der Waals surface area (Å²) in [6.45, 7) is 6.37. The van der Waals surface area contributed by atoms with E-state index < -0.39 is 11.9 Å². The van der Waals surface area contributed by atoms with Gasteiger partial charge >= 0.3 is 11.9 Å². The summed E-state index contributed by atoms with van der Waals surface area (Å²) < 4.78 is 5.19. The lowest BCUT2D eigenvalue weighted by molar-refractivity contribution is -0.159. The lowest BCUT2D eigenvalue weighted by Gasteiger charge is -2.35. The molecule has 24 heavy (non-hydrogen) atoms. The molecule has 1 atom stereocenters. The van der Waals surface area contributed by atoms with Crippen molar-refractivity contribution in [1.82, 2.24) is 15.1 Å². The maximum absolute atomic E-state index is 12.0. The van der Waals surface area contributed by atoms with Crippen molar-refractivity contribution in [3.8, 4) is 0 Å². The second-order valence-electron chi connectivity index (χ2n) is 5.42. The Bertz CT molecular complexity index is 525. The van der Waals surface area contributed by atoms with E-state index >= 15 is 0 Å². The number of furan rings is 1. The number of nitrogens with zero attached hydrogens (tertiary/aromatic N) is 2. The minimum atomic E-state index is -1.82. The van der Waals surface area contributed by atoms with E-state index in [1.165, 1.54) is 0 Å². The van der Waals surface area contributed by atoms with E-state index in [0.29, 0.717) is 6.54 Å². The highest BCUT2D eigenvalue weighted by molar-refractivity contribution is 6.27. The summed E-state index contributed by atoms with van der Waals surface area (Å²) in [5.41, 5.74) is 0. The van der Waals surface area contributed by atoms with Gasteiger partial charge in [0, 0.05) is 26.2 Å². The number of rotatable bonds is 4. The van der Waals surface area contributed by atoms with Gasteiger partial charge in [-0.1, -0.05) is 0 Å². The molecule has 2 heterocycles. The predicted molar refractivity (Wildman–Crippen MR) is 84.4 cm³/mol. The molecule has 0 bridgehead atoms. The van der Waals surface area contributed by atoms with Gasteiger partial charge in [-0.3, -0.25) is 9.69 Å². The molecule has 134 valence electrons. The first-order chi connectivity index (χ1) is 11.3. The number of carboxylic acids is 2. The van der Waals surface area contributed by atoms with Crippen LogP contribution in [0.2, 0.25) is 0 Å². The molecule has 1 aliphatic heterocycles. The van der Waals surface area contributed by atoms with Crippen LogP contribution in [0.1, 0.15) is 12.7 Å². The van der Waals surface area contributed by atoms with Crippen LogP contribution in [-0.2, 0) is 20.9 Å². The third kappa shape index (κ3) is 6.80. The van der Waals surface area contributed by atoms with Crippen LogP contribution in [0.15, 0.2) is 22.8 Å². The Kier molecular flexibility index (Phi) is 7.93. The van der Waals surface area contributed by atoms with Crippen LogP contribution in [0.4, 0.5) is 0 Å². The molecule has 0 aromatic carbocycles. The lowest BCUT2D eigenvalue weighted by Crippen LogP contribution is -2.52. The molecule has 9 nitrogen and oxygen atoms in total. The van der Waals surface area contributed by atoms with Gasteiger partial charge < -0.3 is 24.8 Å². The topological polar surface area (TPSA) is 123 Å². The van der Waals surface area contributed by atoms with Crippen LogP contribution in [0.25, 0.3) is 0 Å². The number of piperazine rings is 1. The van der Waals surface area contributed by atoms with E-state index in [2.05, 4.69) is 22.2 Å². The molecule has 1 aromatic heterocycles. The Labute approximate surface area is 139 Å². The standard InChI is InChI=1S/C13H21N3O2.C2H2O4/c1-11(16-7-5-15(2)6-8-16)13(17)14-10-12-4-3-9-18-12;3-1(4)2(5)6/h3-4,9,11H,5-8,10H2,1-2H3,(H,14,17);(H,3,4)(H,5,6). The molecule has 1 aromatic rings. The van der Waals surface area contributed by atoms with Crippen LogP contribution in [-0.4, -0.2) is 77.1 Å². The summed E-state index contributed by atoms with van der Waals surface area (Å²) in [6.07, 6.45) is 1.62. The van der Waals surface area contributed by atoms with Crippen molar-refractivity contribution >= 4 is 17.8 Å². The van der Waals surface area contributed by atoms with Crippen LogP contribution in [0.5, 0.6) is 0 Å². The number of nitrogens with one attached hydrogen (secondary N) is 1. The number of likely N-dealkylation sites (N-methyl/N-ethyl adjacent to an activating group) is 1. The van der Waals surface area contributed by atoms with E-state index in [4.69, 9.17) is 24.2 Å². The van der Waals surface area contributed by atoms with Gasteiger partial charge in [0.15, 0.2) is 0 Å². The maximum Gasteiger partial charge on any atom is 0.414 e. The van der Waals surface area contributed by atoms with Gasteiger partial charge in [-0.15, -0.1) is 0 Å². The molecule has 1 saturated heterocycles. The normalized spacial score (nSPS) is 16.6. The van der Waals surface area contributed by atoms with Crippen molar-refractivity contribution in [3.05, 3.63) is 24.2 Å². The highest BCUT2D eigenvalue weighted by Crippen LogP contribution is 2.06. The molecule has 0 aliphatic carbocycles. The summed E-state index contributed by atoms with van der Waals surface area (Å²) >= 11 is 0. The summed E-state index contributed by atoms with van der Waals surface area (Å²) in [5.74, 6) is -2.80. The number of amides is 1. The van der Waals surface area contributed by atoms with Crippen molar-refractivity contribution in [2.45, 2.75) is 19.5 Å². The van der Waals surface area contributed by atoms with Crippen LogP contribution in [0.3, 0.4) is 0 Å². The number of carboxylic acid groups (broad SMARTS) is 2. The van der Waals surface area contributed by atoms with Crippen molar-refractivity contribution in [2.24, 2.45) is 0 Å². The fourth-order valence-corrected chi connectivity index (χ4v) is 2.11. The Morgan fingerprint density at radius 2 is 1.79 bits per heavy atom. The fourth-order valence-electron chi connectivity index (χ4n) is 2.11. The van der Waals surface area contributed by atoms with Crippen molar-refractivity contribution in [2.75, 3.05) is 33.2 Å². The van der Waals surface area contributed by atoms with E-state index in [1.807, 2.05) is 19.1 Å². The third-order valence-corrected chi connectivity index (χ3v) is 3.66. The highest BCUT2D eigenvalue weighted by Gasteiger charge is 2.24. The van der Waals surface area contributed by atoms with E-state index in [9.17, 15) is 4.79 Å².